The third-order valence-corrected chi connectivity index (χ3v) is 4.60. The number of rotatable bonds is 3. The topological polar surface area (TPSA) is 50.9 Å². The molecule has 0 spiro atoms. The molecule has 3 N–H and O–H groups in total. The van der Waals surface area contributed by atoms with E-state index in [1.807, 2.05) is 6.20 Å². The Hall–Kier alpha value is -1.13. The second-order valence-corrected chi connectivity index (χ2v) is 5.76. The Kier molecular flexibility index (Phi) is 2.76. The number of hydrogen-bond acceptors (Lipinski definition) is 4. The summed E-state index contributed by atoms with van der Waals surface area (Å²) in [7, 11) is 0. The SMILES string of the molecule is NCC1(Nc2nccc3sccc23)CCCC1. The number of thiophene rings is 1. The monoisotopic (exact) mass is 247 g/mol. The van der Waals surface area contributed by atoms with Crippen LogP contribution in [0.5, 0.6) is 0 Å². The maximum Gasteiger partial charge on any atom is 0.135 e. The minimum absolute atomic E-state index is 0.0726. The van der Waals surface area contributed by atoms with E-state index in [4.69, 9.17) is 5.73 Å². The highest BCUT2D eigenvalue weighted by atomic mass is 32.1. The highest BCUT2D eigenvalue weighted by Crippen LogP contribution is 2.34. The summed E-state index contributed by atoms with van der Waals surface area (Å²) >= 11 is 1.75. The summed E-state index contributed by atoms with van der Waals surface area (Å²) in [6.45, 7) is 0.690. The lowest BCUT2D eigenvalue weighted by atomic mass is 9.98. The molecule has 1 aliphatic rings. The number of pyridine rings is 1. The molecule has 2 aromatic heterocycles. The predicted octanol–water partition coefficient (Wildman–Crippen LogP) is 2.98. The van der Waals surface area contributed by atoms with Crippen LogP contribution in [0.1, 0.15) is 25.7 Å². The van der Waals surface area contributed by atoms with Crippen LogP contribution in [0.2, 0.25) is 0 Å². The van der Waals surface area contributed by atoms with E-state index in [1.165, 1.54) is 22.9 Å². The molecule has 2 heterocycles. The van der Waals surface area contributed by atoms with Gasteiger partial charge in [-0.05, 0) is 30.4 Å². The van der Waals surface area contributed by atoms with Crippen LogP contribution in [0.3, 0.4) is 0 Å². The minimum atomic E-state index is 0.0726. The zero-order chi connectivity index (χ0) is 11.7. The number of nitrogens with one attached hydrogen (secondary N) is 1. The highest BCUT2D eigenvalue weighted by Gasteiger charge is 2.32. The fourth-order valence-corrected chi connectivity index (χ4v) is 3.46. The standard InChI is InChI=1S/C13H17N3S/c14-9-13(5-1-2-6-13)16-12-10-4-8-17-11(10)3-7-15-12/h3-4,7-8H,1-2,5-6,9,14H2,(H,15,16). The van der Waals surface area contributed by atoms with Gasteiger partial charge in [0.1, 0.15) is 5.82 Å². The van der Waals surface area contributed by atoms with Crippen LogP contribution >= 0.6 is 11.3 Å². The van der Waals surface area contributed by atoms with Crippen LogP contribution in [0.15, 0.2) is 23.7 Å². The Morgan fingerprint density at radius 3 is 2.94 bits per heavy atom. The molecule has 4 heteroatoms. The first-order valence-corrected chi connectivity index (χ1v) is 7.01. The molecule has 3 nitrogen and oxygen atoms in total. The lowest BCUT2D eigenvalue weighted by molar-refractivity contribution is 0.492. The maximum atomic E-state index is 5.95. The van der Waals surface area contributed by atoms with E-state index in [-0.39, 0.29) is 5.54 Å². The summed E-state index contributed by atoms with van der Waals surface area (Å²) in [5.74, 6) is 0.996. The van der Waals surface area contributed by atoms with Crippen molar-refractivity contribution in [2.75, 3.05) is 11.9 Å². The van der Waals surface area contributed by atoms with Crippen LogP contribution in [-0.4, -0.2) is 17.1 Å². The molecule has 1 aliphatic carbocycles. The van der Waals surface area contributed by atoms with Gasteiger partial charge in [-0.2, -0.15) is 0 Å². The number of nitrogens with two attached hydrogens (primary N) is 1. The van der Waals surface area contributed by atoms with Gasteiger partial charge in [-0.15, -0.1) is 11.3 Å². The van der Waals surface area contributed by atoms with Crippen molar-refractivity contribution in [2.45, 2.75) is 31.2 Å². The van der Waals surface area contributed by atoms with E-state index < -0.39 is 0 Å². The van der Waals surface area contributed by atoms with Crippen molar-refractivity contribution in [3.8, 4) is 0 Å². The quantitative estimate of drug-likeness (QED) is 0.876. The van der Waals surface area contributed by atoms with E-state index in [0.29, 0.717) is 6.54 Å². The van der Waals surface area contributed by atoms with Crippen molar-refractivity contribution in [2.24, 2.45) is 5.73 Å². The van der Waals surface area contributed by atoms with Crippen molar-refractivity contribution in [3.05, 3.63) is 23.7 Å². The van der Waals surface area contributed by atoms with E-state index in [2.05, 4.69) is 27.8 Å². The first-order valence-electron chi connectivity index (χ1n) is 6.13. The third-order valence-electron chi connectivity index (χ3n) is 3.71. The first kappa shape index (κ1) is 11.0. The second-order valence-electron chi connectivity index (χ2n) is 4.81. The average Bonchev–Trinajstić information content (AvgIpc) is 2.98. The molecule has 0 aliphatic heterocycles. The Bertz CT molecular complexity index is 514. The molecule has 3 rings (SSSR count). The van der Waals surface area contributed by atoms with Crippen LogP contribution < -0.4 is 11.1 Å². The van der Waals surface area contributed by atoms with Crippen molar-refractivity contribution in [1.82, 2.24) is 4.98 Å². The molecule has 1 fully saturated rings. The van der Waals surface area contributed by atoms with E-state index in [1.54, 1.807) is 11.3 Å². The molecule has 0 amide bonds. The molecule has 0 radical (unpaired) electrons. The Labute approximate surface area is 105 Å². The predicted molar refractivity (Wildman–Crippen MR) is 73.5 cm³/mol. The van der Waals surface area contributed by atoms with Crippen molar-refractivity contribution in [1.29, 1.82) is 0 Å². The van der Waals surface area contributed by atoms with Crippen LogP contribution in [0.4, 0.5) is 5.82 Å². The zero-order valence-corrected chi connectivity index (χ0v) is 10.6. The second kappa shape index (κ2) is 4.27. The molecule has 2 aromatic rings. The van der Waals surface area contributed by atoms with E-state index in [0.717, 1.165) is 18.7 Å². The van der Waals surface area contributed by atoms with Crippen molar-refractivity contribution >= 4 is 27.2 Å². The number of nitrogens with zero attached hydrogens (tertiary/aromatic N) is 1. The van der Waals surface area contributed by atoms with Crippen LogP contribution in [0.25, 0.3) is 10.1 Å². The fraction of sp³-hybridized carbons (Fsp3) is 0.462. The summed E-state index contributed by atoms with van der Waals surface area (Å²) in [4.78, 5) is 4.48. The van der Waals surface area contributed by atoms with E-state index >= 15 is 0 Å². The molecule has 0 saturated heterocycles. The normalized spacial score (nSPS) is 18.6. The summed E-state index contributed by atoms with van der Waals surface area (Å²) in [6.07, 6.45) is 6.73. The Morgan fingerprint density at radius 2 is 2.18 bits per heavy atom. The molecule has 90 valence electrons. The molecule has 0 unspecified atom stereocenters. The fourth-order valence-electron chi connectivity index (χ4n) is 2.68. The van der Waals surface area contributed by atoms with Gasteiger partial charge < -0.3 is 11.1 Å². The van der Waals surface area contributed by atoms with Gasteiger partial charge in [0.15, 0.2) is 0 Å². The Morgan fingerprint density at radius 1 is 1.35 bits per heavy atom. The molecule has 1 saturated carbocycles. The van der Waals surface area contributed by atoms with Gasteiger partial charge in [0.05, 0.1) is 5.54 Å². The Balaban J connectivity index is 1.96. The first-order chi connectivity index (χ1) is 8.33. The van der Waals surface area contributed by atoms with Gasteiger partial charge >= 0.3 is 0 Å². The van der Waals surface area contributed by atoms with Gasteiger partial charge in [-0.25, -0.2) is 4.98 Å². The van der Waals surface area contributed by atoms with E-state index in [9.17, 15) is 0 Å². The lowest BCUT2D eigenvalue weighted by Gasteiger charge is -2.29. The van der Waals surface area contributed by atoms with Crippen LogP contribution in [0, 0.1) is 0 Å². The average molecular weight is 247 g/mol. The van der Waals surface area contributed by atoms with Crippen molar-refractivity contribution in [3.63, 3.8) is 0 Å². The highest BCUT2D eigenvalue weighted by molar-refractivity contribution is 7.17. The van der Waals surface area contributed by atoms with Crippen molar-refractivity contribution < 1.29 is 0 Å². The van der Waals surface area contributed by atoms with Gasteiger partial charge in [0.2, 0.25) is 0 Å². The van der Waals surface area contributed by atoms with Gasteiger partial charge in [0, 0.05) is 22.8 Å². The molecule has 0 bridgehead atoms. The third kappa shape index (κ3) is 1.91. The van der Waals surface area contributed by atoms with Gasteiger partial charge in [0.25, 0.3) is 0 Å². The summed E-state index contributed by atoms with van der Waals surface area (Å²) in [6, 6.07) is 4.20. The minimum Gasteiger partial charge on any atom is -0.363 e. The summed E-state index contributed by atoms with van der Waals surface area (Å²) in [5, 5.41) is 6.94. The van der Waals surface area contributed by atoms with Gasteiger partial charge in [-0.3, -0.25) is 0 Å². The largest absolute Gasteiger partial charge is 0.363 e. The molecule has 17 heavy (non-hydrogen) atoms. The zero-order valence-electron chi connectivity index (χ0n) is 9.78. The van der Waals surface area contributed by atoms with Crippen LogP contribution in [-0.2, 0) is 0 Å². The lowest BCUT2D eigenvalue weighted by Crippen LogP contribution is -2.43. The summed E-state index contributed by atoms with van der Waals surface area (Å²) < 4.78 is 1.28. The number of anilines is 1. The van der Waals surface area contributed by atoms with Gasteiger partial charge in [-0.1, -0.05) is 12.8 Å². The number of aromatic nitrogens is 1. The smallest absolute Gasteiger partial charge is 0.135 e. The summed E-state index contributed by atoms with van der Waals surface area (Å²) in [5.41, 5.74) is 6.02. The maximum absolute atomic E-state index is 5.95. The molecule has 0 aromatic carbocycles. The molecule has 0 atom stereocenters. The number of fused-ring (bicyclic) bond motifs is 1. The molecular formula is C13H17N3S. The number of hydrogen-bond donors (Lipinski definition) is 2. The molecular weight excluding hydrogens is 230 g/mol.